The molecule has 7 heteroatoms. The number of benzene rings is 3. The van der Waals surface area contributed by atoms with E-state index in [0.717, 1.165) is 95.7 Å². The van der Waals surface area contributed by atoms with Crippen molar-refractivity contribution in [3.63, 3.8) is 0 Å². The lowest BCUT2D eigenvalue weighted by atomic mass is 9.77. The lowest BCUT2D eigenvalue weighted by Crippen LogP contribution is -2.16. The molecule has 0 saturated heterocycles. The van der Waals surface area contributed by atoms with Gasteiger partial charge in [-0.05, 0) is 147 Å². The van der Waals surface area contributed by atoms with Crippen LogP contribution in [0.1, 0.15) is 133 Å². The number of halogens is 1. The van der Waals surface area contributed by atoms with Crippen LogP contribution < -0.4 is 4.74 Å². The lowest BCUT2D eigenvalue weighted by Gasteiger charge is -2.29. The molecule has 6 nitrogen and oxygen atoms in total. The zero-order chi connectivity index (χ0) is 40.3. The van der Waals surface area contributed by atoms with Crippen LogP contribution in [0.3, 0.4) is 0 Å². The maximum atomic E-state index is 15.9. The summed E-state index contributed by atoms with van der Waals surface area (Å²) in [6.07, 6.45) is 15.1. The predicted molar refractivity (Wildman–Crippen MR) is 227 cm³/mol. The molecule has 1 fully saturated rings. The van der Waals surface area contributed by atoms with Crippen LogP contribution in [-0.4, -0.2) is 55.8 Å². The standard InChI is InChI=1S/C49H69FO6/c1-6-9-10-13-36-16-18-39(19-17-36)40-20-23-46(47(50)32-40)41-21-22-45(38(8-3)29-41)44-30-42(14-11-26-54-25-7-2)48(55-28-24-37(33-51)34-52)43(31-44)15-12-27-56-49(53)35(4)5/h20-23,29-32,36-37,39,51-52H,4,6-19,24-28,33-34H2,1-3,5H3. The van der Waals surface area contributed by atoms with Crippen molar-refractivity contribution in [2.75, 3.05) is 39.6 Å². The Kier molecular flexibility index (Phi) is 19.6. The number of carbonyl (C=O) groups is 1. The SMILES string of the molecule is C=C(C)C(=O)OCCCc1cc(-c2ccc(-c3ccc(C4CCC(CCCCC)CC4)cc3F)cc2CC)cc(CCCOCCC)c1OCCC(CO)CO. The number of carbonyl (C=O) groups excluding carboxylic acids is 1. The summed E-state index contributed by atoms with van der Waals surface area (Å²) in [6, 6.07) is 16.6. The zero-order valence-electron chi connectivity index (χ0n) is 34.8. The van der Waals surface area contributed by atoms with E-state index in [4.69, 9.17) is 14.2 Å². The van der Waals surface area contributed by atoms with Crippen molar-refractivity contribution in [2.24, 2.45) is 11.8 Å². The molecule has 1 aliphatic rings. The van der Waals surface area contributed by atoms with Gasteiger partial charge in [-0.3, -0.25) is 0 Å². The molecule has 56 heavy (non-hydrogen) atoms. The number of rotatable bonds is 25. The van der Waals surface area contributed by atoms with Crippen molar-refractivity contribution in [3.05, 3.63) is 88.8 Å². The van der Waals surface area contributed by atoms with Gasteiger partial charge < -0.3 is 24.4 Å². The maximum absolute atomic E-state index is 15.9. The Morgan fingerprint density at radius 1 is 0.786 bits per heavy atom. The van der Waals surface area contributed by atoms with Crippen LogP contribution in [0.25, 0.3) is 22.3 Å². The van der Waals surface area contributed by atoms with Crippen LogP contribution >= 0.6 is 0 Å². The topological polar surface area (TPSA) is 85.2 Å². The highest BCUT2D eigenvalue weighted by atomic mass is 19.1. The van der Waals surface area contributed by atoms with Crippen LogP contribution in [-0.2, 0) is 33.5 Å². The molecule has 3 aromatic carbocycles. The van der Waals surface area contributed by atoms with Crippen LogP contribution in [0.4, 0.5) is 4.39 Å². The zero-order valence-corrected chi connectivity index (χ0v) is 34.8. The van der Waals surface area contributed by atoms with Crippen molar-refractivity contribution in [2.45, 2.75) is 130 Å². The van der Waals surface area contributed by atoms with Crippen LogP contribution in [0, 0.1) is 17.7 Å². The molecule has 0 radical (unpaired) electrons. The number of aliphatic hydroxyl groups is 2. The number of aryl methyl sites for hydroxylation is 3. The summed E-state index contributed by atoms with van der Waals surface area (Å²) in [4.78, 5) is 12.1. The second-order valence-electron chi connectivity index (χ2n) is 15.9. The van der Waals surface area contributed by atoms with Gasteiger partial charge in [0.15, 0.2) is 0 Å². The number of hydrogen-bond donors (Lipinski definition) is 2. The smallest absolute Gasteiger partial charge is 0.333 e. The van der Waals surface area contributed by atoms with Gasteiger partial charge in [-0.25, -0.2) is 9.18 Å². The Morgan fingerprint density at radius 3 is 2.09 bits per heavy atom. The Bertz CT molecular complexity index is 1650. The van der Waals surface area contributed by atoms with Crippen LogP contribution in [0.2, 0.25) is 0 Å². The predicted octanol–water partition coefficient (Wildman–Crippen LogP) is 11.4. The average molecular weight is 773 g/mol. The number of esters is 1. The van der Waals surface area contributed by atoms with Gasteiger partial charge in [0.05, 0.1) is 13.2 Å². The highest BCUT2D eigenvalue weighted by Crippen LogP contribution is 2.40. The van der Waals surface area contributed by atoms with Gasteiger partial charge in [-0.15, -0.1) is 0 Å². The van der Waals surface area contributed by atoms with Crippen LogP contribution in [0.15, 0.2) is 60.7 Å². The molecule has 1 saturated carbocycles. The summed E-state index contributed by atoms with van der Waals surface area (Å²) in [6.45, 7) is 13.6. The Hall–Kier alpha value is -3.52. The third-order valence-electron chi connectivity index (χ3n) is 11.4. The first kappa shape index (κ1) is 45.2. The molecule has 0 amide bonds. The second kappa shape index (κ2) is 24.3. The van der Waals surface area contributed by atoms with Crippen molar-refractivity contribution >= 4 is 5.97 Å². The molecule has 0 aromatic heterocycles. The molecule has 0 spiro atoms. The van der Waals surface area contributed by atoms with Crippen molar-refractivity contribution < 1.29 is 33.6 Å². The quantitative estimate of drug-likeness (QED) is 0.0507. The molecule has 3 aromatic rings. The molecule has 308 valence electrons. The third kappa shape index (κ3) is 13.6. The largest absolute Gasteiger partial charge is 0.493 e. The van der Waals surface area contributed by atoms with E-state index >= 15 is 4.39 Å². The minimum atomic E-state index is -0.402. The molecule has 1 aliphatic carbocycles. The fraction of sp³-hybridized carbons (Fsp3) is 0.571. The van der Waals surface area contributed by atoms with Gasteiger partial charge in [0, 0.05) is 43.5 Å². The first-order valence-electron chi connectivity index (χ1n) is 21.6. The van der Waals surface area contributed by atoms with Gasteiger partial charge in [-0.1, -0.05) is 83.4 Å². The van der Waals surface area contributed by atoms with E-state index in [-0.39, 0.29) is 31.6 Å². The Labute approximate surface area is 336 Å². The first-order valence-corrected chi connectivity index (χ1v) is 21.6. The van der Waals surface area contributed by atoms with Crippen molar-refractivity contribution in [1.29, 1.82) is 0 Å². The van der Waals surface area contributed by atoms with E-state index in [1.807, 2.05) is 12.1 Å². The minimum absolute atomic E-state index is 0.106. The van der Waals surface area contributed by atoms with E-state index in [1.54, 1.807) is 13.0 Å². The number of ether oxygens (including phenoxy) is 3. The summed E-state index contributed by atoms with van der Waals surface area (Å²) in [7, 11) is 0. The summed E-state index contributed by atoms with van der Waals surface area (Å²) in [5, 5.41) is 19.3. The van der Waals surface area contributed by atoms with Crippen molar-refractivity contribution in [3.8, 4) is 28.0 Å². The van der Waals surface area contributed by atoms with E-state index in [0.29, 0.717) is 49.5 Å². The van der Waals surface area contributed by atoms with Gasteiger partial charge in [0.25, 0.3) is 0 Å². The summed E-state index contributed by atoms with van der Waals surface area (Å²) in [5.41, 5.74) is 8.36. The van der Waals surface area contributed by atoms with Gasteiger partial charge >= 0.3 is 5.97 Å². The maximum Gasteiger partial charge on any atom is 0.333 e. The molecule has 2 N–H and O–H groups in total. The Balaban J connectivity index is 1.63. The molecule has 4 rings (SSSR count). The van der Waals surface area contributed by atoms with Gasteiger partial charge in [0.1, 0.15) is 11.6 Å². The molecule has 0 bridgehead atoms. The second-order valence-corrected chi connectivity index (χ2v) is 15.9. The number of aliphatic hydroxyl groups excluding tert-OH is 2. The molecule has 0 heterocycles. The molecule has 0 aliphatic heterocycles. The monoisotopic (exact) mass is 773 g/mol. The van der Waals surface area contributed by atoms with E-state index in [9.17, 15) is 15.0 Å². The normalized spacial score (nSPS) is 15.6. The lowest BCUT2D eigenvalue weighted by molar-refractivity contribution is -0.139. The fourth-order valence-electron chi connectivity index (χ4n) is 8.02. The first-order chi connectivity index (χ1) is 27.2. The highest BCUT2D eigenvalue weighted by molar-refractivity contribution is 5.86. The van der Waals surface area contributed by atoms with E-state index < -0.39 is 5.97 Å². The molecule has 0 atom stereocenters. The molecular weight excluding hydrogens is 704 g/mol. The van der Waals surface area contributed by atoms with Gasteiger partial charge in [0.2, 0.25) is 0 Å². The number of unbranched alkanes of at least 4 members (excludes halogenated alkanes) is 2. The van der Waals surface area contributed by atoms with Crippen molar-refractivity contribution in [1.82, 2.24) is 0 Å². The minimum Gasteiger partial charge on any atom is -0.493 e. The fourth-order valence-corrected chi connectivity index (χ4v) is 8.02. The summed E-state index contributed by atoms with van der Waals surface area (Å²) < 4.78 is 33.7. The summed E-state index contributed by atoms with van der Waals surface area (Å²) in [5.74, 6) is 1.25. The molecule has 0 unspecified atom stereocenters. The Morgan fingerprint density at radius 2 is 1.46 bits per heavy atom. The number of hydrogen-bond acceptors (Lipinski definition) is 6. The van der Waals surface area contributed by atoms with E-state index in [2.05, 4.69) is 57.7 Å². The average Bonchev–Trinajstić information content (AvgIpc) is 3.21. The summed E-state index contributed by atoms with van der Waals surface area (Å²) >= 11 is 0. The molecular formula is C49H69FO6. The third-order valence-corrected chi connectivity index (χ3v) is 11.4. The van der Waals surface area contributed by atoms with Crippen LogP contribution in [0.5, 0.6) is 5.75 Å². The highest BCUT2D eigenvalue weighted by Gasteiger charge is 2.23. The van der Waals surface area contributed by atoms with E-state index in [1.165, 1.54) is 38.5 Å². The van der Waals surface area contributed by atoms with Gasteiger partial charge in [-0.2, -0.15) is 0 Å².